The Morgan fingerprint density at radius 2 is 1.71 bits per heavy atom. The van der Waals surface area contributed by atoms with Crippen LogP contribution in [0.3, 0.4) is 0 Å². The normalized spacial score (nSPS) is 20.9. The van der Waals surface area contributed by atoms with E-state index in [0.29, 0.717) is 12.0 Å². The van der Waals surface area contributed by atoms with Gasteiger partial charge in [-0.15, -0.1) is 0 Å². The molecule has 21 heavy (non-hydrogen) atoms. The lowest BCUT2D eigenvalue weighted by Gasteiger charge is -2.32. The van der Waals surface area contributed by atoms with E-state index in [9.17, 15) is 8.78 Å². The molecule has 0 bridgehead atoms. The third-order valence-electron chi connectivity index (χ3n) is 4.61. The summed E-state index contributed by atoms with van der Waals surface area (Å²) in [5, 5.41) is 3.34. The third kappa shape index (κ3) is 4.01. The zero-order chi connectivity index (χ0) is 14.7. The lowest BCUT2D eigenvalue weighted by atomic mass is 9.97. The van der Waals surface area contributed by atoms with Crippen LogP contribution in [0.25, 0.3) is 0 Å². The van der Waals surface area contributed by atoms with Crippen molar-refractivity contribution in [1.82, 2.24) is 10.2 Å². The molecule has 1 aliphatic heterocycles. The van der Waals surface area contributed by atoms with Gasteiger partial charge in [-0.3, -0.25) is 4.90 Å². The molecule has 1 heterocycles. The Balaban J connectivity index is 1.64. The quantitative estimate of drug-likeness (QED) is 0.866. The molecular weight excluding hydrogens is 270 g/mol. The minimum absolute atomic E-state index is 0.133. The van der Waals surface area contributed by atoms with Crippen LogP contribution in [0.1, 0.15) is 31.2 Å². The van der Waals surface area contributed by atoms with Crippen LogP contribution in [0.4, 0.5) is 8.78 Å². The van der Waals surface area contributed by atoms with Gasteiger partial charge in [-0.25, -0.2) is 0 Å². The maximum absolute atomic E-state index is 14.5. The molecule has 1 saturated heterocycles. The number of nitrogens with one attached hydrogen (secondary N) is 1. The maximum Gasteiger partial charge on any atom is 0.285 e. The number of hydrogen-bond acceptors (Lipinski definition) is 2. The van der Waals surface area contributed by atoms with Crippen molar-refractivity contribution in [3.8, 4) is 0 Å². The first kappa shape index (κ1) is 14.9. The van der Waals surface area contributed by atoms with Gasteiger partial charge in [0, 0.05) is 18.2 Å². The fourth-order valence-corrected chi connectivity index (χ4v) is 3.21. The first-order valence-electron chi connectivity index (χ1n) is 8.03. The van der Waals surface area contributed by atoms with Crippen LogP contribution < -0.4 is 5.32 Å². The summed E-state index contributed by atoms with van der Waals surface area (Å²) < 4.78 is 29.0. The molecule has 3 rings (SSSR count). The summed E-state index contributed by atoms with van der Waals surface area (Å²) in [5.41, 5.74) is 0.140. The van der Waals surface area contributed by atoms with Gasteiger partial charge in [0.15, 0.2) is 0 Å². The van der Waals surface area contributed by atoms with E-state index in [1.54, 1.807) is 18.2 Å². The Morgan fingerprint density at radius 3 is 2.33 bits per heavy atom. The van der Waals surface area contributed by atoms with Gasteiger partial charge in [0.1, 0.15) is 0 Å². The molecule has 4 heteroatoms. The van der Waals surface area contributed by atoms with Crippen molar-refractivity contribution in [2.75, 3.05) is 26.2 Å². The Hall–Kier alpha value is -1.00. The predicted molar refractivity (Wildman–Crippen MR) is 80.5 cm³/mol. The highest BCUT2D eigenvalue weighted by molar-refractivity contribution is 5.20. The van der Waals surface area contributed by atoms with Crippen molar-refractivity contribution in [2.45, 2.75) is 37.6 Å². The molecule has 1 aromatic rings. The minimum Gasteiger partial charge on any atom is -0.317 e. The maximum atomic E-state index is 14.5. The van der Waals surface area contributed by atoms with E-state index < -0.39 is 5.92 Å². The second-order valence-corrected chi connectivity index (χ2v) is 6.42. The fraction of sp³-hybridized carbons (Fsp3) is 0.647. The molecule has 0 aromatic heterocycles. The van der Waals surface area contributed by atoms with Gasteiger partial charge >= 0.3 is 0 Å². The zero-order valence-corrected chi connectivity index (χ0v) is 12.4. The number of piperidine rings is 1. The average Bonchev–Trinajstić information content (AvgIpc) is 3.33. The smallest absolute Gasteiger partial charge is 0.285 e. The second kappa shape index (κ2) is 6.41. The Morgan fingerprint density at radius 1 is 1.05 bits per heavy atom. The average molecular weight is 294 g/mol. The summed E-state index contributed by atoms with van der Waals surface area (Å²) in [5.74, 6) is -2.19. The lowest BCUT2D eigenvalue weighted by molar-refractivity contribution is -0.0440. The van der Waals surface area contributed by atoms with Crippen LogP contribution in [0, 0.1) is 5.92 Å². The minimum atomic E-state index is -2.75. The van der Waals surface area contributed by atoms with Crippen molar-refractivity contribution < 1.29 is 8.78 Å². The third-order valence-corrected chi connectivity index (χ3v) is 4.61. The monoisotopic (exact) mass is 294 g/mol. The largest absolute Gasteiger partial charge is 0.317 e. The van der Waals surface area contributed by atoms with Crippen molar-refractivity contribution in [3.63, 3.8) is 0 Å². The Bertz CT molecular complexity index is 439. The molecule has 0 unspecified atom stereocenters. The second-order valence-electron chi connectivity index (χ2n) is 6.42. The zero-order valence-electron chi connectivity index (χ0n) is 12.4. The van der Waals surface area contributed by atoms with Crippen LogP contribution in [-0.4, -0.2) is 37.1 Å². The number of hydrogen-bond donors (Lipinski definition) is 1. The highest BCUT2D eigenvalue weighted by Crippen LogP contribution is 2.35. The van der Waals surface area contributed by atoms with E-state index in [2.05, 4.69) is 5.32 Å². The summed E-state index contributed by atoms with van der Waals surface area (Å²) in [6.07, 6.45) is 4.38. The fourth-order valence-electron chi connectivity index (χ4n) is 3.21. The number of benzene rings is 1. The van der Waals surface area contributed by atoms with Crippen molar-refractivity contribution in [1.29, 1.82) is 0 Å². The van der Waals surface area contributed by atoms with Crippen LogP contribution >= 0.6 is 0 Å². The van der Waals surface area contributed by atoms with E-state index >= 15 is 0 Å². The Labute approximate surface area is 125 Å². The van der Waals surface area contributed by atoms with Crippen LogP contribution in [0.2, 0.25) is 0 Å². The van der Waals surface area contributed by atoms with Crippen molar-refractivity contribution in [3.05, 3.63) is 35.9 Å². The molecule has 2 aliphatic rings. The summed E-state index contributed by atoms with van der Waals surface area (Å²) >= 11 is 0. The summed E-state index contributed by atoms with van der Waals surface area (Å²) in [4.78, 5) is 2.04. The highest BCUT2D eigenvalue weighted by atomic mass is 19.3. The number of rotatable bonds is 6. The molecule has 2 nitrogen and oxygen atoms in total. The van der Waals surface area contributed by atoms with Gasteiger partial charge in [-0.05, 0) is 44.7 Å². The summed E-state index contributed by atoms with van der Waals surface area (Å²) in [6.45, 7) is 2.75. The molecule has 2 fully saturated rings. The van der Waals surface area contributed by atoms with Crippen LogP contribution in [0.15, 0.2) is 30.3 Å². The first-order valence-corrected chi connectivity index (χ1v) is 8.03. The van der Waals surface area contributed by atoms with Crippen molar-refractivity contribution >= 4 is 0 Å². The standard InChI is InChI=1S/C17H24F2N2/c18-17(19,15-4-2-1-3-5-15)13-21(16-6-7-16)12-14-8-10-20-11-9-14/h1-5,14,16,20H,6-13H2. The molecule has 0 amide bonds. The van der Waals surface area contributed by atoms with Crippen molar-refractivity contribution in [2.24, 2.45) is 5.92 Å². The van der Waals surface area contributed by atoms with E-state index in [1.807, 2.05) is 4.90 Å². The lowest BCUT2D eigenvalue weighted by Crippen LogP contribution is -2.42. The van der Waals surface area contributed by atoms with Crippen LogP contribution in [-0.2, 0) is 5.92 Å². The Kier molecular flexibility index (Phi) is 4.55. The van der Waals surface area contributed by atoms with Gasteiger partial charge in [-0.2, -0.15) is 8.78 Å². The van der Waals surface area contributed by atoms with E-state index in [-0.39, 0.29) is 12.1 Å². The van der Waals surface area contributed by atoms with E-state index in [1.165, 1.54) is 12.1 Å². The molecule has 0 atom stereocenters. The highest BCUT2D eigenvalue weighted by Gasteiger charge is 2.40. The van der Waals surface area contributed by atoms with Gasteiger partial charge in [0.2, 0.25) is 0 Å². The SMILES string of the molecule is FC(F)(CN(CC1CCNCC1)C1CC1)c1ccccc1. The molecule has 1 N–H and O–H groups in total. The molecule has 116 valence electrons. The molecule has 1 aromatic carbocycles. The van der Waals surface area contributed by atoms with Gasteiger partial charge in [0.05, 0.1) is 6.54 Å². The first-order chi connectivity index (χ1) is 10.1. The number of nitrogens with zero attached hydrogens (tertiary/aromatic N) is 1. The van der Waals surface area contributed by atoms with E-state index in [4.69, 9.17) is 0 Å². The van der Waals surface area contributed by atoms with Gasteiger partial charge < -0.3 is 5.32 Å². The van der Waals surface area contributed by atoms with Crippen LogP contribution in [0.5, 0.6) is 0 Å². The molecule has 0 radical (unpaired) electrons. The summed E-state index contributed by atoms with van der Waals surface area (Å²) in [7, 11) is 0. The molecule has 0 spiro atoms. The molecule has 1 saturated carbocycles. The predicted octanol–water partition coefficient (Wildman–Crippen LogP) is 3.24. The topological polar surface area (TPSA) is 15.3 Å². The van der Waals surface area contributed by atoms with Gasteiger partial charge in [-0.1, -0.05) is 30.3 Å². The summed E-state index contributed by atoms with van der Waals surface area (Å²) in [6, 6.07) is 8.63. The van der Waals surface area contributed by atoms with E-state index in [0.717, 1.165) is 45.3 Å². The number of halogens is 2. The molecular formula is C17H24F2N2. The van der Waals surface area contributed by atoms with Gasteiger partial charge in [0.25, 0.3) is 5.92 Å². The molecule has 1 aliphatic carbocycles. The number of alkyl halides is 2.